The van der Waals surface area contributed by atoms with Gasteiger partial charge in [0.2, 0.25) is 0 Å². The van der Waals surface area contributed by atoms with E-state index in [1.54, 1.807) is 0 Å². The summed E-state index contributed by atoms with van der Waals surface area (Å²) in [6.07, 6.45) is 0. The van der Waals surface area contributed by atoms with Crippen molar-refractivity contribution in [3.05, 3.63) is 0 Å². The highest BCUT2D eigenvalue weighted by Crippen LogP contribution is 2.30. The Morgan fingerprint density at radius 3 is 1.73 bits per heavy atom. The van der Waals surface area contributed by atoms with E-state index in [1.165, 1.54) is 0 Å². The number of ether oxygens (including phenoxy) is 2. The van der Waals surface area contributed by atoms with Gasteiger partial charge in [0.05, 0.1) is 0 Å². The summed E-state index contributed by atoms with van der Waals surface area (Å²) in [5.41, 5.74) is -0.333. The Balaban J connectivity index is 2.20. The number of aliphatic imine (C=N–C) groups is 2. The third-order valence-electron chi connectivity index (χ3n) is 2.30. The van der Waals surface area contributed by atoms with E-state index in [9.17, 15) is 0 Å². The van der Waals surface area contributed by atoms with Crippen LogP contribution in [-0.4, -0.2) is 33.1 Å². The number of halogens is 2. The van der Waals surface area contributed by atoms with Crippen LogP contribution in [0.2, 0.25) is 0 Å². The first-order valence-corrected chi connectivity index (χ1v) is 7.19. The van der Waals surface area contributed by atoms with E-state index < -0.39 is 0 Å². The molecule has 0 aromatic heterocycles. The highest BCUT2D eigenvalue weighted by atomic mass is 127. The molecule has 0 bridgehead atoms. The van der Waals surface area contributed by atoms with Crippen LogP contribution in [0.1, 0.15) is 13.8 Å². The predicted molar refractivity (Wildman–Crippen MR) is 76.2 cm³/mol. The zero-order valence-corrected chi connectivity index (χ0v) is 12.9. The SMILES string of the molecule is CC(C)(C1=N[C@H](I)CO1)C1=N[C@H](I)CO1. The molecule has 0 amide bonds. The smallest absolute Gasteiger partial charge is 0.199 e. The van der Waals surface area contributed by atoms with Crippen LogP contribution in [0.5, 0.6) is 0 Å². The summed E-state index contributed by atoms with van der Waals surface area (Å²) < 4.78 is 11.5. The Hall–Kier alpha value is 0.400. The second-order valence-electron chi connectivity index (χ2n) is 3.98. The van der Waals surface area contributed by atoms with Gasteiger partial charge in [-0.05, 0) is 13.8 Å². The second kappa shape index (κ2) is 4.34. The maximum atomic E-state index is 5.56. The molecule has 2 atom stereocenters. The summed E-state index contributed by atoms with van der Waals surface area (Å²) in [4.78, 5) is 8.90. The fraction of sp³-hybridized carbons (Fsp3) is 0.778. The normalized spacial score (nSPS) is 30.7. The molecule has 0 saturated heterocycles. The van der Waals surface area contributed by atoms with Gasteiger partial charge in [-0.25, -0.2) is 9.98 Å². The van der Waals surface area contributed by atoms with Crippen molar-refractivity contribution in [3.8, 4) is 0 Å². The molecule has 0 N–H and O–H groups in total. The Labute approximate surface area is 116 Å². The molecule has 0 fully saturated rings. The molecule has 0 spiro atoms. The van der Waals surface area contributed by atoms with Crippen LogP contribution < -0.4 is 0 Å². The number of hydrogen-bond acceptors (Lipinski definition) is 4. The Bertz CT molecular complexity index is 298. The molecule has 0 aromatic carbocycles. The first kappa shape index (κ1) is 11.9. The van der Waals surface area contributed by atoms with Gasteiger partial charge in [0.15, 0.2) is 11.8 Å². The average molecular weight is 434 g/mol. The summed E-state index contributed by atoms with van der Waals surface area (Å²) >= 11 is 4.52. The lowest BCUT2D eigenvalue weighted by molar-refractivity contribution is 0.280. The topological polar surface area (TPSA) is 43.2 Å². The highest BCUT2D eigenvalue weighted by molar-refractivity contribution is 14.1. The first-order valence-electron chi connectivity index (χ1n) is 4.70. The van der Waals surface area contributed by atoms with Crippen molar-refractivity contribution in [1.29, 1.82) is 0 Å². The third kappa shape index (κ3) is 2.40. The van der Waals surface area contributed by atoms with Crippen molar-refractivity contribution in [3.63, 3.8) is 0 Å². The predicted octanol–water partition coefficient (Wildman–Crippen LogP) is 2.39. The number of rotatable bonds is 2. The van der Waals surface area contributed by atoms with Crippen molar-refractivity contribution in [2.75, 3.05) is 13.2 Å². The monoisotopic (exact) mass is 434 g/mol. The van der Waals surface area contributed by atoms with Crippen LogP contribution >= 0.6 is 45.2 Å². The number of alkyl halides is 2. The molecule has 0 saturated carbocycles. The van der Waals surface area contributed by atoms with Gasteiger partial charge in [0, 0.05) is 0 Å². The zero-order chi connectivity index (χ0) is 11.1. The molecule has 6 heteroatoms. The molecule has 0 radical (unpaired) electrons. The van der Waals surface area contributed by atoms with Gasteiger partial charge < -0.3 is 9.47 Å². The minimum absolute atomic E-state index is 0.217. The van der Waals surface area contributed by atoms with E-state index in [-0.39, 0.29) is 13.5 Å². The maximum Gasteiger partial charge on any atom is 0.199 e. The van der Waals surface area contributed by atoms with E-state index in [1.807, 2.05) is 13.8 Å². The first-order chi connectivity index (χ1) is 7.00. The van der Waals surface area contributed by atoms with Gasteiger partial charge in [-0.15, -0.1) is 0 Å². The fourth-order valence-electron chi connectivity index (χ4n) is 1.47. The van der Waals surface area contributed by atoms with Crippen LogP contribution in [0.3, 0.4) is 0 Å². The van der Waals surface area contributed by atoms with E-state index in [2.05, 4.69) is 55.2 Å². The van der Waals surface area contributed by atoms with Gasteiger partial charge >= 0.3 is 0 Å². The third-order valence-corrected chi connectivity index (χ3v) is 3.58. The van der Waals surface area contributed by atoms with Crippen molar-refractivity contribution in [2.45, 2.75) is 21.9 Å². The quantitative estimate of drug-likeness (QED) is 0.381. The molecule has 2 aliphatic heterocycles. The van der Waals surface area contributed by atoms with Gasteiger partial charge in [-0.3, -0.25) is 0 Å². The van der Waals surface area contributed by atoms with Crippen LogP contribution in [0.25, 0.3) is 0 Å². The van der Waals surface area contributed by atoms with E-state index >= 15 is 0 Å². The summed E-state index contributed by atoms with van der Waals surface area (Å²) in [5.74, 6) is 1.48. The molecule has 0 unspecified atom stereocenters. The van der Waals surface area contributed by atoms with Crippen LogP contribution in [0.15, 0.2) is 9.98 Å². The summed E-state index contributed by atoms with van der Waals surface area (Å²) in [6, 6.07) is 0. The molecule has 2 aliphatic rings. The fourth-order valence-corrected chi connectivity index (χ4v) is 2.34. The molecule has 0 aliphatic carbocycles. The van der Waals surface area contributed by atoms with Crippen LogP contribution in [-0.2, 0) is 9.47 Å². The minimum Gasteiger partial charge on any atom is -0.477 e. The van der Waals surface area contributed by atoms with E-state index in [4.69, 9.17) is 9.47 Å². The maximum absolute atomic E-state index is 5.56. The van der Waals surface area contributed by atoms with Crippen molar-refractivity contribution in [1.82, 2.24) is 0 Å². The standard InChI is InChI=1S/C9H12I2N2O2/c1-9(2,7-12-5(10)3-14-7)8-13-6(11)4-15-8/h5-6H,3-4H2,1-2H3/t5-,6-/m0/s1. The molecular formula is C9H12I2N2O2. The Kier molecular flexibility index (Phi) is 3.44. The largest absolute Gasteiger partial charge is 0.477 e. The summed E-state index contributed by atoms with van der Waals surface area (Å²) in [6.45, 7) is 5.38. The summed E-state index contributed by atoms with van der Waals surface area (Å²) in [5, 5.41) is 0. The Morgan fingerprint density at radius 2 is 1.47 bits per heavy atom. The molecule has 15 heavy (non-hydrogen) atoms. The van der Waals surface area contributed by atoms with Crippen LogP contribution in [0.4, 0.5) is 0 Å². The molecule has 0 aromatic rings. The second-order valence-corrected chi connectivity index (χ2v) is 6.86. The van der Waals surface area contributed by atoms with Gasteiger partial charge in [-0.2, -0.15) is 0 Å². The van der Waals surface area contributed by atoms with Gasteiger partial charge in [0.25, 0.3) is 0 Å². The van der Waals surface area contributed by atoms with Gasteiger partial charge in [-0.1, -0.05) is 45.2 Å². The number of nitrogens with zero attached hydrogens (tertiary/aromatic N) is 2. The average Bonchev–Trinajstić information content (AvgIpc) is 2.74. The molecular weight excluding hydrogens is 422 g/mol. The van der Waals surface area contributed by atoms with Crippen molar-refractivity contribution < 1.29 is 9.47 Å². The summed E-state index contributed by atoms with van der Waals surface area (Å²) in [7, 11) is 0. The Morgan fingerprint density at radius 1 is 1.07 bits per heavy atom. The van der Waals surface area contributed by atoms with Crippen LogP contribution in [0, 0.1) is 5.41 Å². The molecule has 4 nitrogen and oxygen atoms in total. The van der Waals surface area contributed by atoms with E-state index in [0.717, 1.165) is 11.8 Å². The number of hydrogen-bond donors (Lipinski definition) is 0. The molecule has 2 heterocycles. The lowest BCUT2D eigenvalue weighted by Crippen LogP contribution is -2.34. The van der Waals surface area contributed by atoms with Gasteiger partial charge in [0.1, 0.15) is 26.7 Å². The lowest BCUT2D eigenvalue weighted by Gasteiger charge is -2.22. The highest BCUT2D eigenvalue weighted by Gasteiger charge is 2.40. The molecule has 2 rings (SSSR count). The van der Waals surface area contributed by atoms with Crippen molar-refractivity contribution in [2.24, 2.45) is 15.4 Å². The van der Waals surface area contributed by atoms with Crippen molar-refractivity contribution >= 4 is 57.0 Å². The molecule has 84 valence electrons. The lowest BCUT2D eigenvalue weighted by atomic mass is 9.93. The van der Waals surface area contributed by atoms with E-state index in [0.29, 0.717) is 13.2 Å². The minimum atomic E-state index is -0.333. The zero-order valence-electron chi connectivity index (χ0n) is 8.54.